The van der Waals surface area contributed by atoms with E-state index in [2.05, 4.69) is 76.9 Å². The van der Waals surface area contributed by atoms with Crippen molar-refractivity contribution in [3.8, 4) is 0 Å². The molecule has 0 aliphatic heterocycles. The first-order valence-electron chi connectivity index (χ1n) is 10.6. The third kappa shape index (κ3) is 9.22. The van der Waals surface area contributed by atoms with E-state index in [0.29, 0.717) is 24.2 Å². The van der Waals surface area contributed by atoms with Gasteiger partial charge < -0.3 is 4.55 Å². The zero-order valence-electron chi connectivity index (χ0n) is 20.7. The van der Waals surface area contributed by atoms with Gasteiger partial charge in [-0.05, 0) is 61.0 Å². The molecule has 192 valence electrons. The van der Waals surface area contributed by atoms with Gasteiger partial charge in [-0.2, -0.15) is 17.7 Å². The van der Waals surface area contributed by atoms with Crippen LogP contribution in [0.4, 0.5) is 13.2 Å². The maximum Gasteiger partial charge on any atom is 0.485 e. The van der Waals surface area contributed by atoms with Gasteiger partial charge in [-0.1, -0.05) is 35.1 Å². The fourth-order valence-electron chi connectivity index (χ4n) is 3.55. The zero-order valence-corrected chi connectivity index (χ0v) is 22.4. The van der Waals surface area contributed by atoms with E-state index in [1.165, 1.54) is 0 Å². The van der Waals surface area contributed by atoms with Crippen LogP contribution in [0.1, 0.15) is 61.0 Å². The molecule has 0 saturated heterocycles. The second-order valence-corrected chi connectivity index (χ2v) is 12.3. The van der Waals surface area contributed by atoms with Gasteiger partial charge in [0.25, 0.3) is 0 Å². The van der Waals surface area contributed by atoms with Gasteiger partial charge in [0.15, 0.2) is 10.1 Å². The van der Waals surface area contributed by atoms with Gasteiger partial charge in [0.2, 0.25) is 0 Å². The van der Waals surface area contributed by atoms with Crippen molar-refractivity contribution in [2.75, 3.05) is 7.11 Å². The fraction of sp³-hybridized carbons (Fsp3) is 0.667. The smallest absolute Gasteiger partial charge is 0.485 e. The Bertz CT molecular complexity index is 797. The standard InChI is InChI=1S/C20H37N3OP.CHF3O3S/c1-16(2)22(17(3)4)25(24-9,23(18(5)6)19(7)8)21-15-20-13-11-10-12-14-20;2-1(3,4)8(5,6)7/h10-19H,1-9H3;(H,5,6,7)/q+1;/p-1/b21-15+;. The highest BCUT2D eigenvalue weighted by Crippen LogP contribution is 2.69. The van der Waals surface area contributed by atoms with Gasteiger partial charge in [-0.15, -0.1) is 9.34 Å². The summed E-state index contributed by atoms with van der Waals surface area (Å²) in [5.41, 5.74) is -4.55. The SMILES string of the molecule is CO[P+](/N=C/c1ccccc1)(N(C(C)C)C(C)C)N(C(C)C)C(C)C.O=S(=O)([O-])C(F)(F)F. The average molecular weight is 516 g/mol. The molecule has 7 nitrogen and oxygen atoms in total. The first kappa shape index (κ1) is 31.9. The Morgan fingerprint density at radius 3 is 1.48 bits per heavy atom. The first-order chi connectivity index (χ1) is 14.9. The molecule has 0 fully saturated rings. The van der Waals surface area contributed by atoms with E-state index in [1.54, 1.807) is 0 Å². The van der Waals surface area contributed by atoms with E-state index in [-0.39, 0.29) is 0 Å². The summed E-state index contributed by atoms with van der Waals surface area (Å²) in [4.78, 5) is 0. The molecule has 0 bridgehead atoms. The van der Waals surface area contributed by atoms with E-state index in [4.69, 9.17) is 22.3 Å². The molecular weight excluding hydrogens is 478 g/mol. The first-order valence-corrected chi connectivity index (χ1v) is 13.5. The van der Waals surface area contributed by atoms with Crippen molar-refractivity contribution in [3.05, 3.63) is 35.9 Å². The van der Waals surface area contributed by atoms with Gasteiger partial charge in [0.05, 0.1) is 13.3 Å². The Hall–Kier alpha value is -1.10. The molecule has 0 aliphatic carbocycles. The van der Waals surface area contributed by atoms with Crippen LogP contribution < -0.4 is 0 Å². The summed E-state index contributed by atoms with van der Waals surface area (Å²) >= 11 is 0. The third-order valence-electron chi connectivity index (χ3n) is 4.40. The molecule has 0 atom stereocenters. The van der Waals surface area contributed by atoms with Crippen LogP contribution >= 0.6 is 7.94 Å². The van der Waals surface area contributed by atoms with E-state index >= 15 is 0 Å². The second-order valence-electron chi connectivity index (χ2n) is 8.39. The van der Waals surface area contributed by atoms with Crippen LogP contribution in [0.2, 0.25) is 0 Å². The Kier molecular flexibility index (Phi) is 12.7. The Labute approximate surface area is 197 Å². The van der Waals surface area contributed by atoms with E-state index in [0.717, 1.165) is 5.56 Å². The minimum atomic E-state index is -6.09. The maximum atomic E-state index is 10.7. The number of nitrogens with zero attached hydrogens (tertiary/aromatic N) is 3. The van der Waals surface area contributed by atoms with Gasteiger partial charge in [0.1, 0.15) is 0 Å². The molecule has 0 amide bonds. The lowest BCUT2D eigenvalue weighted by Gasteiger charge is -2.43. The lowest BCUT2D eigenvalue weighted by Crippen LogP contribution is -2.47. The molecule has 0 spiro atoms. The number of rotatable bonds is 9. The summed E-state index contributed by atoms with van der Waals surface area (Å²) in [5, 5.41) is 0. The third-order valence-corrected chi connectivity index (χ3v) is 8.93. The van der Waals surface area contributed by atoms with Crippen molar-refractivity contribution in [3.63, 3.8) is 0 Å². The van der Waals surface area contributed by atoms with Crippen LogP contribution in [-0.2, 0) is 14.6 Å². The second kappa shape index (κ2) is 13.1. The molecule has 1 rings (SSSR count). The summed E-state index contributed by atoms with van der Waals surface area (Å²) < 4.78 is 75.2. The fourth-order valence-corrected chi connectivity index (χ4v) is 7.19. The topological polar surface area (TPSA) is 85.3 Å². The number of benzene rings is 1. The van der Waals surface area contributed by atoms with Gasteiger partial charge >= 0.3 is 13.4 Å². The van der Waals surface area contributed by atoms with Crippen molar-refractivity contribution >= 4 is 24.3 Å². The van der Waals surface area contributed by atoms with Crippen molar-refractivity contribution in [2.24, 2.45) is 4.76 Å². The van der Waals surface area contributed by atoms with Crippen LogP contribution in [0.3, 0.4) is 0 Å². The quantitative estimate of drug-likeness (QED) is 0.181. The largest absolute Gasteiger partial charge is 0.741 e. The molecule has 1 aromatic rings. The highest BCUT2D eigenvalue weighted by Gasteiger charge is 2.58. The maximum absolute atomic E-state index is 10.7. The highest BCUT2D eigenvalue weighted by atomic mass is 32.2. The predicted octanol–water partition coefficient (Wildman–Crippen LogP) is 5.72. The summed E-state index contributed by atoms with van der Waals surface area (Å²) in [7, 11) is -6.63. The molecule has 33 heavy (non-hydrogen) atoms. The van der Waals surface area contributed by atoms with E-state index < -0.39 is 23.6 Å². The van der Waals surface area contributed by atoms with E-state index in [9.17, 15) is 13.2 Å². The Morgan fingerprint density at radius 2 is 1.24 bits per heavy atom. The highest BCUT2D eigenvalue weighted by molar-refractivity contribution is 7.86. The number of halogens is 3. The molecule has 0 unspecified atom stereocenters. The van der Waals surface area contributed by atoms with Crippen LogP contribution in [0.25, 0.3) is 0 Å². The number of hydrogen-bond donors (Lipinski definition) is 0. The molecule has 0 heterocycles. The summed E-state index contributed by atoms with van der Waals surface area (Å²) in [6.45, 7) is 17.8. The predicted molar refractivity (Wildman–Crippen MR) is 128 cm³/mol. The Morgan fingerprint density at radius 1 is 0.909 bits per heavy atom. The monoisotopic (exact) mass is 515 g/mol. The van der Waals surface area contributed by atoms with Crippen molar-refractivity contribution in [2.45, 2.75) is 85.1 Å². The normalized spacial score (nSPS) is 13.7. The molecule has 0 saturated carbocycles. The molecular formula is C21H37F3N3O4PS. The van der Waals surface area contributed by atoms with Crippen LogP contribution in [0.15, 0.2) is 35.1 Å². The molecule has 0 aliphatic rings. The number of hydrogen-bond acceptors (Lipinski definition) is 7. The molecule has 0 N–H and O–H groups in total. The van der Waals surface area contributed by atoms with Gasteiger partial charge in [-0.3, -0.25) is 0 Å². The lowest BCUT2D eigenvalue weighted by atomic mass is 10.2. The van der Waals surface area contributed by atoms with E-state index in [1.807, 2.05) is 31.5 Å². The van der Waals surface area contributed by atoms with Crippen LogP contribution in [-0.4, -0.2) is 65.3 Å². The van der Waals surface area contributed by atoms with Crippen molar-refractivity contribution in [1.82, 2.24) is 9.34 Å². The van der Waals surface area contributed by atoms with Gasteiger partial charge in [0, 0.05) is 24.2 Å². The van der Waals surface area contributed by atoms with Crippen LogP contribution in [0.5, 0.6) is 0 Å². The molecule has 1 aromatic carbocycles. The average Bonchev–Trinajstić information content (AvgIpc) is 2.64. The van der Waals surface area contributed by atoms with Crippen molar-refractivity contribution in [1.29, 1.82) is 0 Å². The summed E-state index contributed by atoms with van der Waals surface area (Å²) in [6.07, 6.45) is 1.98. The molecule has 12 heteroatoms. The molecule has 0 aromatic heterocycles. The zero-order chi connectivity index (χ0) is 26.2. The van der Waals surface area contributed by atoms with Crippen LogP contribution in [0, 0.1) is 0 Å². The minimum absolute atomic E-state index is 0.334. The number of alkyl halides is 3. The lowest BCUT2D eigenvalue weighted by molar-refractivity contribution is -0.0517. The Balaban J connectivity index is 0.00000109. The summed E-state index contributed by atoms with van der Waals surface area (Å²) in [5.74, 6) is 0. The minimum Gasteiger partial charge on any atom is -0.741 e. The summed E-state index contributed by atoms with van der Waals surface area (Å²) in [6, 6.07) is 11.6. The molecule has 0 radical (unpaired) electrons. The van der Waals surface area contributed by atoms with Crippen molar-refractivity contribution < 1.29 is 30.7 Å². The van der Waals surface area contributed by atoms with Gasteiger partial charge in [-0.25, -0.2) is 8.42 Å².